The maximum Gasteiger partial charge on any atom is 0.0332 e. The van der Waals surface area contributed by atoms with Crippen LogP contribution in [0.5, 0.6) is 0 Å². The Morgan fingerprint density at radius 3 is 2.14 bits per heavy atom. The van der Waals surface area contributed by atoms with Gasteiger partial charge in [-0.1, -0.05) is 52.3 Å². The molecule has 21 heavy (non-hydrogen) atoms. The van der Waals surface area contributed by atoms with Crippen molar-refractivity contribution in [1.29, 1.82) is 0 Å². The van der Waals surface area contributed by atoms with E-state index in [2.05, 4.69) is 46.3 Å². The van der Waals surface area contributed by atoms with Gasteiger partial charge in [0.1, 0.15) is 0 Å². The van der Waals surface area contributed by atoms with Gasteiger partial charge in [0.25, 0.3) is 0 Å². The summed E-state index contributed by atoms with van der Waals surface area (Å²) in [6.45, 7) is 0. The van der Waals surface area contributed by atoms with Gasteiger partial charge in [0.2, 0.25) is 0 Å². The molecule has 2 rings (SSSR count). The van der Waals surface area contributed by atoms with Crippen molar-refractivity contribution in [3.8, 4) is 0 Å². The van der Waals surface area contributed by atoms with E-state index in [-0.39, 0.29) is 5.41 Å². The zero-order valence-corrected chi connectivity index (χ0v) is 15.5. The van der Waals surface area contributed by atoms with Crippen molar-refractivity contribution in [2.24, 2.45) is 0 Å². The lowest BCUT2D eigenvalue weighted by molar-refractivity contribution is 0.522. The number of hydrogen-bond acceptors (Lipinski definition) is 1. The number of rotatable bonds is 7. The summed E-state index contributed by atoms with van der Waals surface area (Å²) in [7, 11) is 0. The second-order valence-corrected chi connectivity index (χ2v) is 7.50. The van der Waals surface area contributed by atoms with Crippen LogP contribution in [0.25, 0.3) is 0 Å². The monoisotopic (exact) mass is 402 g/mol. The van der Waals surface area contributed by atoms with Crippen molar-refractivity contribution in [3.63, 3.8) is 0 Å². The molecule has 0 aromatic heterocycles. The van der Waals surface area contributed by atoms with Gasteiger partial charge in [-0.15, -0.1) is 35.0 Å². The molecule has 112 valence electrons. The summed E-state index contributed by atoms with van der Waals surface area (Å²) in [4.78, 5) is 1.28. The number of alkyl halides is 2. The van der Waals surface area contributed by atoms with Crippen LogP contribution in [0.4, 0.5) is 0 Å². The molecule has 2 aromatic carbocycles. The molecule has 0 saturated heterocycles. The van der Waals surface area contributed by atoms with Crippen LogP contribution in [-0.2, 0) is 5.41 Å². The molecule has 0 aliphatic carbocycles. The number of benzene rings is 2. The predicted octanol–water partition coefficient (Wildman–Crippen LogP) is 6.35. The Morgan fingerprint density at radius 1 is 0.905 bits per heavy atom. The van der Waals surface area contributed by atoms with E-state index in [4.69, 9.17) is 23.2 Å². The Balaban J connectivity index is 2.10. The van der Waals surface area contributed by atoms with Crippen molar-refractivity contribution in [2.45, 2.75) is 16.7 Å². The molecule has 0 bridgehead atoms. The normalized spacial score (nSPS) is 11.6. The minimum absolute atomic E-state index is 0.189. The maximum absolute atomic E-state index is 6.30. The van der Waals surface area contributed by atoms with Crippen LogP contribution < -0.4 is 0 Å². The average molecular weight is 404 g/mol. The highest BCUT2D eigenvalue weighted by Gasteiger charge is 2.32. The molecule has 0 fully saturated rings. The van der Waals surface area contributed by atoms with Gasteiger partial charge in [-0.05, 0) is 35.9 Å². The van der Waals surface area contributed by atoms with Crippen LogP contribution in [0.2, 0.25) is 0 Å². The summed E-state index contributed by atoms with van der Waals surface area (Å²) < 4.78 is 1.08. The number of hydrogen-bond donors (Lipinski definition) is 0. The first-order chi connectivity index (χ1) is 10.2. The molecule has 0 amide bonds. The summed E-state index contributed by atoms with van der Waals surface area (Å²) in [5.74, 6) is 2.04. The molecule has 0 atom stereocenters. The van der Waals surface area contributed by atoms with E-state index < -0.39 is 0 Å². The van der Waals surface area contributed by atoms with Crippen LogP contribution in [0.15, 0.2) is 64.0 Å². The summed E-state index contributed by atoms with van der Waals surface area (Å²) in [6.07, 6.45) is 0.947. The third-order valence-electron chi connectivity index (χ3n) is 3.55. The average Bonchev–Trinajstić information content (AvgIpc) is 2.54. The molecule has 0 aliphatic heterocycles. The third-order valence-corrected chi connectivity index (χ3v) is 6.28. The fourth-order valence-corrected chi connectivity index (χ4v) is 4.84. The highest BCUT2D eigenvalue weighted by atomic mass is 79.9. The first-order valence-electron chi connectivity index (χ1n) is 6.76. The van der Waals surface area contributed by atoms with Crippen LogP contribution >= 0.6 is 50.9 Å². The van der Waals surface area contributed by atoms with E-state index in [1.807, 2.05) is 36.0 Å². The molecule has 0 spiro atoms. The Labute approximate surface area is 149 Å². The molecule has 0 unspecified atom stereocenters. The Hall–Kier alpha value is -0.150. The highest BCUT2D eigenvalue weighted by Crippen LogP contribution is 2.37. The number of halogens is 3. The van der Waals surface area contributed by atoms with E-state index >= 15 is 0 Å². The molecule has 0 N–H and O–H groups in total. The van der Waals surface area contributed by atoms with Gasteiger partial charge in [0.15, 0.2) is 0 Å². The Bertz CT molecular complexity index is 556. The number of thioether (sulfide) groups is 1. The Morgan fingerprint density at radius 2 is 1.52 bits per heavy atom. The fourth-order valence-electron chi connectivity index (χ4n) is 2.22. The van der Waals surface area contributed by atoms with Crippen LogP contribution in [-0.4, -0.2) is 17.5 Å². The van der Waals surface area contributed by atoms with Gasteiger partial charge in [0.05, 0.1) is 0 Å². The standard InChI is InChI=1S/C17H17BrCl2S/c18-16-9-5-4-8-15(16)17(12-19,13-20)10-11-21-14-6-2-1-3-7-14/h1-9H,10-13H2. The van der Waals surface area contributed by atoms with Crippen molar-refractivity contribution in [3.05, 3.63) is 64.6 Å². The van der Waals surface area contributed by atoms with E-state index in [0.717, 1.165) is 16.6 Å². The van der Waals surface area contributed by atoms with E-state index in [1.165, 1.54) is 10.5 Å². The molecule has 0 heterocycles. The minimum Gasteiger partial charge on any atom is -0.126 e. The lowest BCUT2D eigenvalue weighted by atomic mass is 9.82. The summed E-state index contributed by atoms with van der Waals surface area (Å²) in [5.41, 5.74) is 1.01. The van der Waals surface area contributed by atoms with Gasteiger partial charge in [0, 0.05) is 26.5 Å². The quantitative estimate of drug-likeness (QED) is 0.383. The van der Waals surface area contributed by atoms with Crippen LogP contribution in [0.1, 0.15) is 12.0 Å². The van der Waals surface area contributed by atoms with Gasteiger partial charge in [-0.25, -0.2) is 0 Å². The summed E-state index contributed by atoms with van der Waals surface area (Å²) >= 11 is 18.1. The topological polar surface area (TPSA) is 0 Å². The van der Waals surface area contributed by atoms with Crippen molar-refractivity contribution in [1.82, 2.24) is 0 Å². The summed E-state index contributed by atoms with van der Waals surface area (Å²) in [6, 6.07) is 18.6. The molecule has 2 aromatic rings. The molecule has 0 nitrogen and oxygen atoms in total. The molecule has 0 saturated carbocycles. The van der Waals surface area contributed by atoms with E-state index in [0.29, 0.717) is 11.8 Å². The first kappa shape index (κ1) is 17.2. The maximum atomic E-state index is 6.30. The predicted molar refractivity (Wildman–Crippen MR) is 99.0 cm³/mol. The van der Waals surface area contributed by atoms with Crippen LogP contribution in [0.3, 0.4) is 0 Å². The molecular formula is C17H17BrCl2S. The Kier molecular flexibility index (Phi) is 6.94. The summed E-state index contributed by atoms with van der Waals surface area (Å²) in [5, 5.41) is 0. The SMILES string of the molecule is ClCC(CCl)(CCSc1ccccc1)c1ccccc1Br. The molecule has 0 radical (unpaired) electrons. The van der Waals surface area contributed by atoms with Gasteiger partial charge >= 0.3 is 0 Å². The second-order valence-electron chi connectivity index (χ2n) is 4.94. The molecular weight excluding hydrogens is 387 g/mol. The van der Waals surface area contributed by atoms with Crippen LogP contribution in [0, 0.1) is 0 Å². The van der Waals surface area contributed by atoms with Crippen molar-refractivity contribution in [2.75, 3.05) is 17.5 Å². The minimum atomic E-state index is -0.189. The smallest absolute Gasteiger partial charge is 0.0332 e. The van der Waals surface area contributed by atoms with Crippen molar-refractivity contribution >= 4 is 50.9 Å². The van der Waals surface area contributed by atoms with E-state index in [9.17, 15) is 0 Å². The zero-order chi connectivity index (χ0) is 15.1. The van der Waals surface area contributed by atoms with Gasteiger partial charge in [-0.2, -0.15) is 0 Å². The fraction of sp³-hybridized carbons (Fsp3) is 0.294. The zero-order valence-electron chi connectivity index (χ0n) is 11.6. The third kappa shape index (κ3) is 4.41. The van der Waals surface area contributed by atoms with Gasteiger partial charge < -0.3 is 0 Å². The lowest BCUT2D eigenvalue weighted by Crippen LogP contribution is -2.31. The lowest BCUT2D eigenvalue weighted by Gasteiger charge is -2.31. The van der Waals surface area contributed by atoms with Crippen molar-refractivity contribution < 1.29 is 0 Å². The first-order valence-corrected chi connectivity index (χ1v) is 9.61. The molecule has 0 aliphatic rings. The van der Waals surface area contributed by atoms with Gasteiger partial charge in [-0.3, -0.25) is 0 Å². The largest absolute Gasteiger partial charge is 0.126 e. The molecule has 4 heteroatoms. The highest BCUT2D eigenvalue weighted by molar-refractivity contribution is 9.10. The van der Waals surface area contributed by atoms with E-state index in [1.54, 1.807) is 0 Å². The second kappa shape index (κ2) is 8.47.